The van der Waals surface area contributed by atoms with Crippen LogP contribution in [-0.4, -0.2) is 73.4 Å². The van der Waals surface area contributed by atoms with E-state index in [0.29, 0.717) is 49.8 Å². The molecule has 2 atom stereocenters. The molecule has 0 radical (unpaired) electrons. The van der Waals surface area contributed by atoms with Crippen LogP contribution in [0.15, 0.2) is 61.2 Å². The van der Waals surface area contributed by atoms with Crippen molar-refractivity contribution in [3.8, 4) is 22.5 Å². The van der Waals surface area contributed by atoms with Crippen LogP contribution in [0.1, 0.15) is 50.9 Å². The van der Waals surface area contributed by atoms with Gasteiger partial charge < -0.3 is 15.0 Å². The molecule has 0 unspecified atom stereocenters. The fourth-order valence-corrected chi connectivity index (χ4v) is 5.75. The molecule has 1 saturated heterocycles. The zero-order chi connectivity index (χ0) is 33.4. The lowest BCUT2D eigenvalue weighted by atomic mass is 9.75. The Bertz CT molecular complexity index is 1740. The van der Waals surface area contributed by atoms with E-state index in [9.17, 15) is 18.4 Å². The van der Waals surface area contributed by atoms with Crippen molar-refractivity contribution in [2.24, 2.45) is 5.41 Å². The molecule has 46 heavy (non-hydrogen) atoms. The predicted octanol–water partition coefficient (Wildman–Crippen LogP) is 5.82. The van der Waals surface area contributed by atoms with E-state index in [1.165, 1.54) is 28.5 Å². The quantitative estimate of drug-likeness (QED) is 0.206. The number of carbonyl (C=O) groups excluding carboxylic acids is 2. The van der Waals surface area contributed by atoms with Crippen molar-refractivity contribution in [3.05, 3.63) is 77.3 Å². The van der Waals surface area contributed by atoms with Gasteiger partial charge in [0.1, 0.15) is 18.5 Å². The van der Waals surface area contributed by atoms with Crippen molar-refractivity contribution in [2.75, 3.05) is 20.7 Å². The molecule has 3 heterocycles. The van der Waals surface area contributed by atoms with Gasteiger partial charge in [-0.25, -0.2) is 14.5 Å². The van der Waals surface area contributed by atoms with Gasteiger partial charge in [-0.2, -0.15) is 19.0 Å². The van der Waals surface area contributed by atoms with Crippen LogP contribution in [0, 0.1) is 10.8 Å². The van der Waals surface area contributed by atoms with E-state index in [4.69, 9.17) is 21.7 Å². The molecule has 2 aromatic heterocycles. The molecule has 4 aromatic rings. The first kappa shape index (κ1) is 32.5. The SMILES string of the molecule is CN(C)C(=O)OC[C@H](c1ccc(Cl)c(-c2ncn[nH]2)c1)N1C(=N)N[C@](CC(C)(C)C)(c2ccc(-c3cnn(C(F)F)c3)cc2)C1=O. The molecule has 2 aromatic carbocycles. The lowest BCUT2D eigenvalue weighted by molar-refractivity contribution is -0.135. The molecule has 0 saturated carbocycles. The molecule has 242 valence electrons. The van der Waals surface area contributed by atoms with Crippen LogP contribution in [-0.2, 0) is 15.1 Å². The molecule has 5 rings (SSSR count). The number of halogens is 3. The van der Waals surface area contributed by atoms with E-state index in [2.05, 4.69) is 25.6 Å². The van der Waals surface area contributed by atoms with Gasteiger partial charge in [-0.05, 0) is 40.7 Å². The second-order valence-electron chi connectivity index (χ2n) is 12.4. The van der Waals surface area contributed by atoms with Gasteiger partial charge in [-0.15, -0.1) is 0 Å². The van der Waals surface area contributed by atoms with Crippen LogP contribution in [0.2, 0.25) is 5.02 Å². The number of benzene rings is 2. The molecule has 1 fully saturated rings. The zero-order valence-corrected chi connectivity index (χ0v) is 26.6. The van der Waals surface area contributed by atoms with Gasteiger partial charge in [0.25, 0.3) is 5.91 Å². The van der Waals surface area contributed by atoms with Crippen molar-refractivity contribution in [1.29, 1.82) is 5.41 Å². The van der Waals surface area contributed by atoms with Gasteiger partial charge in [0.15, 0.2) is 11.8 Å². The maximum atomic E-state index is 14.7. The molecule has 0 spiro atoms. The molecule has 15 heteroatoms. The second-order valence-corrected chi connectivity index (χ2v) is 12.8. The molecule has 1 aliphatic rings. The van der Waals surface area contributed by atoms with Gasteiger partial charge in [-0.3, -0.25) is 20.2 Å². The monoisotopic (exact) mass is 653 g/mol. The minimum Gasteiger partial charge on any atom is -0.447 e. The lowest BCUT2D eigenvalue weighted by Crippen LogP contribution is -2.47. The summed E-state index contributed by atoms with van der Waals surface area (Å²) in [6.07, 6.45) is 3.62. The number of guanidine groups is 1. The second kappa shape index (κ2) is 12.5. The number of alkyl halides is 2. The Morgan fingerprint density at radius 3 is 2.46 bits per heavy atom. The number of ether oxygens (including phenoxy) is 1. The highest BCUT2D eigenvalue weighted by atomic mass is 35.5. The van der Waals surface area contributed by atoms with Crippen molar-refractivity contribution in [3.63, 3.8) is 0 Å². The van der Waals surface area contributed by atoms with Crippen molar-refractivity contribution < 1.29 is 23.1 Å². The number of carbonyl (C=O) groups is 2. The maximum Gasteiger partial charge on any atom is 0.409 e. The molecular weight excluding hydrogens is 620 g/mol. The first-order valence-electron chi connectivity index (χ1n) is 14.3. The molecule has 12 nitrogen and oxygen atoms in total. The third-order valence-electron chi connectivity index (χ3n) is 7.55. The van der Waals surface area contributed by atoms with Crippen molar-refractivity contribution in [2.45, 2.75) is 45.3 Å². The fraction of sp³-hybridized carbons (Fsp3) is 0.355. The number of aromatic amines is 1. The minimum absolute atomic E-state index is 0.182. The van der Waals surface area contributed by atoms with Crippen LogP contribution in [0.25, 0.3) is 22.5 Å². The van der Waals surface area contributed by atoms with E-state index >= 15 is 0 Å². The zero-order valence-electron chi connectivity index (χ0n) is 25.9. The third kappa shape index (κ3) is 6.43. The van der Waals surface area contributed by atoms with Crippen LogP contribution >= 0.6 is 11.6 Å². The van der Waals surface area contributed by atoms with Gasteiger partial charge in [0, 0.05) is 31.4 Å². The largest absolute Gasteiger partial charge is 0.447 e. The van der Waals surface area contributed by atoms with E-state index in [-0.39, 0.29) is 18.0 Å². The molecule has 0 bridgehead atoms. The van der Waals surface area contributed by atoms with E-state index in [0.717, 1.165) is 0 Å². The summed E-state index contributed by atoms with van der Waals surface area (Å²) in [5, 5.41) is 23.0. The van der Waals surface area contributed by atoms with Gasteiger partial charge in [0.2, 0.25) is 0 Å². The standard InChI is InChI=1S/C31H34ClF2N9O3/c1-30(2,3)16-31(21-9-6-18(7-10-21)20-13-38-42(14-20)27(33)34)26(44)43(28(35)39-31)24(15-46-29(45)41(4)5)19-8-11-23(32)22(12-19)25-36-17-37-40-25/h6-14,17,24,27H,15-16H2,1-5H3,(H2,35,39)(H,36,37,40)/t24-,31-/m1/s1. The Hall–Kier alpha value is -4.85. The van der Waals surface area contributed by atoms with E-state index in [1.807, 2.05) is 20.8 Å². The summed E-state index contributed by atoms with van der Waals surface area (Å²) in [5.74, 6) is -0.204. The first-order valence-corrected chi connectivity index (χ1v) is 14.7. The average Bonchev–Trinajstić information content (AvgIpc) is 3.75. The number of amides is 2. The summed E-state index contributed by atoms with van der Waals surface area (Å²) in [4.78, 5) is 34.0. The Morgan fingerprint density at radius 2 is 1.87 bits per heavy atom. The Balaban J connectivity index is 1.57. The normalized spacial score (nSPS) is 17.4. The highest BCUT2D eigenvalue weighted by Crippen LogP contribution is 2.43. The number of nitrogens with one attached hydrogen (secondary N) is 3. The van der Waals surface area contributed by atoms with Crippen LogP contribution < -0.4 is 5.32 Å². The van der Waals surface area contributed by atoms with Gasteiger partial charge >= 0.3 is 12.6 Å². The van der Waals surface area contributed by atoms with Crippen molar-refractivity contribution in [1.82, 2.24) is 40.1 Å². The van der Waals surface area contributed by atoms with E-state index in [1.54, 1.807) is 56.6 Å². The molecule has 2 amide bonds. The number of nitrogens with zero attached hydrogens (tertiary/aromatic N) is 6. The number of hydrogen-bond donors (Lipinski definition) is 3. The molecule has 1 aliphatic heterocycles. The highest BCUT2D eigenvalue weighted by molar-refractivity contribution is 6.33. The average molecular weight is 654 g/mol. The topological polar surface area (TPSA) is 145 Å². The van der Waals surface area contributed by atoms with Gasteiger partial charge in [-0.1, -0.05) is 62.7 Å². The molecule has 0 aliphatic carbocycles. The summed E-state index contributed by atoms with van der Waals surface area (Å²) in [6, 6.07) is 11.1. The Kier molecular flexibility index (Phi) is 8.85. The number of hydrogen-bond acceptors (Lipinski definition) is 7. The highest BCUT2D eigenvalue weighted by Gasteiger charge is 2.54. The third-order valence-corrected chi connectivity index (χ3v) is 7.88. The Morgan fingerprint density at radius 1 is 1.15 bits per heavy atom. The smallest absolute Gasteiger partial charge is 0.409 e. The summed E-state index contributed by atoms with van der Waals surface area (Å²) >= 11 is 6.49. The number of H-pyrrole nitrogens is 1. The Labute approximate surface area is 269 Å². The molecular formula is C31H34ClF2N9O3. The first-order chi connectivity index (χ1) is 21.7. The maximum absolute atomic E-state index is 14.7. The molecule has 3 N–H and O–H groups in total. The van der Waals surface area contributed by atoms with Crippen LogP contribution in [0.5, 0.6) is 0 Å². The number of rotatable bonds is 9. The summed E-state index contributed by atoms with van der Waals surface area (Å²) in [7, 11) is 3.09. The van der Waals surface area contributed by atoms with Crippen LogP contribution in [0.3, 0.4) is 0 Å². The van der Waals surface area contributed by atoms with Gasteiger partial charge in [0.05, 0.1) is 17.3 Å². The van der Waals surface area contributed by atoms with E-state index < -0.39 is 30.1 Å². The minimum atomic E-state index is -2.77. The summed E-state index contributed by atoms with van der Waals surface area (Å²) < 4.78 is 32.4. The van der Waals surface area contributed by atoms with Crippen molar-refractivity contribution >= 4 is 29.6 Å². The summed E-state index contributed by atoms with van der Waals surface area (Å²) in [5.41, 5.74) is 0.998. The fourth-order valence-electron chi connectivity index (χ4n) is 5.54. The lowest BCUT2D eigenvalue weighted by Gasteiger charge is -2.35. The summed E-state index contributed by atoms with van der Waals surface area (Å²) in [6.45, 7) is 2.94. The van der Waals surface area contributed by atoms with Crippen LogP contribution in [0.4, 0.5) is 13.6 Å². The predicted molar refractivity (Wildman–Crippen MR) is 167 cm³/mol. The number of aromatic nitrogens is 5.